The van der Waals surface area contributed by atoms with Gasteiger partial charge in [0.1, 0.15) is 5.75 Å². The molecule has 0 aromatic heterocycles. The summed E-state index contributed by atoms with van der Waals surface area (Å²) in [6, 6.07) is 6.77. The SMILES string of the molecule is CN=C(NCCCN1CCC(C)CC1)NCc1ccccc1OC(F)F. The van der Waals surface area contributed by atoms with Gasteiger partial charge in [-0.05, 0) is 50.9 Å². The van der Waals surface area contributed by atoms with Gasteiger partial charge in [-0.25, -0.2) is 0 Å². The van der Waals surface area contributed by atoms with Crippen LogP contribution in [-0.2, 0) is 6.54 Å². The maximum atomic E-state index is 12.5. The predicted molar refractivity (Wildman–Crippen MR) is 101 cm³/mol. The van der Waals surface area contributed by atoms with Crippen molar-refractivity contribution in [3.8, 4) is 5.75 Å². The topological polar surface area (TPSA) is 48.9 Å². The molecule has 5 nitrogen and oxygen atoms in total. The molecule has 1 aliphatic rings. The minimum atomic E-state index is -2.83. The second-order valence-corrected chi connectivity index (χ2v) is 6.72. The van der Waals surface area contributed by atoms with Crippen molar-refractivity contribution in [3.05, 3.63) is 29.8 Å². The Morgan fingerprint density at radius 3 is 2.69 bits per heavy atom. The zero-order chi connectivity index (χ0) is 18.8. The molecule has 2 N–H and O–H groups in total. The fraction of sp³-hybridized carbons (Fsp3) is 0.632. The highest BCUT2D eigenvalue weighted by Crippen LogP contribution is 2.20. The third-order valence-corrected chi connectivity index (χ3v) is 4.68. The van der Waals surface area contributed by atoms with Crippen molar-refractivity contribution < 1.29 is 13.5 Å². The molecule has 7 heteroatoms. The van der Waals surface area contributed by atoms with Crippen LogP contribution in [0.1, 0.15) is 31.7 Å². The molecule has 1 fully saturated rings. The molecule has 0 aliphatic carbocycles. The lowest BCUT2D eigenvalue weighted by molar-refractivity contribution is -0.0504. The summed E-state index contributed by atoms with van der Waals surface area (Å²) in [5, 5.41) is 6.42. The highest BCUT2D eigenvalue weighted by molar-refractivity contribution is 5.79. The first-order valence-corrected chi connectivity index (χ1v) is 9.28. The van der Waals surface area contributed by atoms with Gasteiger partial charge in [0.2, 0.25) is 0 Å². The number of piperidine rings is 1. The van der Waals surface area contributed by atoms with E-state index < -0.39 is 6.61 Å². The first-order chi connectivity index (χ1) is 12.6. The summed E-state index contributed by atoms with van der Waals surface area (Å²) in [7, 11) is 1.70. The number of hydrogen-bond acceptors (Lipinski definition) is 3. The summed E-state index contributed by atoms with van der Waals surface area (Å²) in [6.45, 7) is 4.14. The smallest absolute Gasteiger partial charge is 0.387 e. The maximum Gasteiger partial charge on any atom is 0.387 e. The first-order valence-electron chi connectivity index (χ1n) is 9.28. The van der Waals surface area contributed by atoms with E-state index >= 15 is 0 Å². The molecule has 1 aliphatic heterocycles. The van der Waals surface area contributed by atoms with E-state index in [1.165, 1.54) is 25.9 Å². The van der Waals surface area contributed by atoms with Crippen LogP contribution in [0.15, 0.2) is 29.3 Å². The predicted octanol–water partition coefficient (Wildman–Crippen LogP) is 3.08. The van der Waals surface area contributed by atoms with Crippen molar-refractivity contribution in [2.45, 2.75) is 39.3 Å². The van der Waals surface area contributed by atoms with Gasteiger partial charge in [0.25, 0.3) is 0 Å². The third kappa shape index (κ3) is 7.15. The fourth-order valence-electron chi connectivity index (χ4n) is 3.06. The van der Waals surface area contributed by atoms with Gasteiger partial charge in [-0.15, -0.1) is 0 Å². The van der Waals surface area contributed by atoms with Crippen molar-refractivity contribution in [3.63, 3.8) is 0 Å². The Morgan fingerprint density at radius 1 is 1.27 bits per heavy atom. The Labute approximate surface area is 154 Å². The minimum absolute atomic E-state index is 0.185. The van der Waals surface area contributed by atoms with Crippen LogP contribution in [-0.4, -0.2) is 50.7 Å². The molecule has 0 bridgehead atoms. The van der Waals surface area contributed by atoms with Gasteiger partial charge in [-0.2, -0.15) is 8.78 Å². The highest BCUT2D eigenvalue weighted by atomic mass is 19.3. The second-order valence-electron chi connectivity index (χ2n) is 6.72. The van der Waals surface area contributed by atoms with Crippen LogP contribution >= 0.6 is 0 Å². The molecule has 0 atom stereocenters. The first kappa shape index (κ1) is 20.4. The molecule has 0 unspecified atom stereocenters. The Bertz CT molecular complexity index is 560. The van der Waals surface area contributed by atoms with Crippen LogP contribution in [0.3, 0.4) is 0 Å². The van der Waals surface area contributed by atoms with Crippen LogP contribution < -0.4 is 15.4 Å². The zero-order valence-corrected chi connectivity index (χ0v) is 15.7. The van der Waals surface area contributed by atoms with Crippen molar-refractivity contribution in [1.82, 2.24) is 15.5 Å². The van der Waals surface area contributed by atoms with Gasteiger partial charge >= 0.3 is 6.61 Å². The quantitative estimate of drug-likeness (QED) is 0.421. The molecule has 0 radical (unpaired) electrons. The van der Waals surface area contributed by atoms with Gasteiger partial charge in [-0.3, -0.25) is 4.99 Å². The second kappa shape index (κ2) is 11.0. The van der Waals surface area contributed by atoms with E-state index in [9.17, 15) is 8.78 Å². The van der Waals surface area contributed by atoms with Gasteiger partial charge in [0, 0.05) is 25.7 Å². The lowest BCUT2D eigenvalue weighted by Gasteiger charge is -2.30. The molecule has 0 saturated carbocycles. The number of halogens is 2. The van der Waals surface area contributed by atoms with Crippen molar-refractivity contribution in [2.24, 2.45) is 10.9 Å². The minimum Gasteiger partial charge on any atom is -0.434 e. The molecule has 1 heterocycles. The molecule has 0 spiro atoms. The number of alkyl halides is 2. The number of benzene rings is 1. The Balaban J connectivity index is 1.70. The summed E-state index contributed by atoms with van der Waals surface area (Å²) < 4.78 is 29.5. The van der Waals surface area contributed by atoms with Crippen LogP contribution in [0.2, 0.25) is 0 Å². The summed E-state index contributed by atoms with van der Waals surface area (Å²) in [6.07, 6.45) is 3.62. The number of hydrogen-bond donors (Lipinski definition) is 2. The summed E-state index contributed by atoms with van der Waals surface area (Å²) in [4.78, 5) is 6.69. The number of rotatable bonds is 8. The average Bonchev–Trinajstić information content (AvgIpc) is 2.63. The summed E-state index contributed by atoms with van der Waals surface area (Å²) in [5.74, 6) is 1.69. The number of aliphatic imine (C=N–C) groups is 1. The van der Waals surface area contributed by atoms with E-state index in [0.717, 1.165) is 25.4 Å². The monoisotopic (exact) mass is 368 g/mol. The van der Waals surface area contributed by atoms with Gasteiger partial charge in [0.15, 0.2) is 5.96 Å². The van der Waals surface area contributed by atoms with E-state index in [0.29, 0.717) is 18.1 Å². The molecule has 1 aromatic carbocycles. The molecular weight excluding hydrogens is 338 g/mol. The lowest BCUT2D eigenvalue weighted by atomic mass is 9.99. The van der Waals surface area contributed by atoms with Crippen LogP contribution in [0, 0.1) is 5.92 Å². The van der Waals surface area contributed by atoms with Crippen molar-refractivity contribution >= 4 is 5.96 Å². The molecule has 1 saturated heterocycles. The zero-order valence-electron chi connectivity index (χ0n) is 15.7. The Kier molecular flexibility index (Phi) is 8.61. The van der Waals surface area contributed by atoms with Gasteiger partial charge in [-0.1, -0.05) is 25.1 Å². The molecule has 0 amide bonds. The number of nitrogens with zero attached hydrogens (tertiary/aromatic N) is 2. The summed E-state index contributed by atoms with van der Waals surface area (Å²) >= 11 is 0. The Hall–Kier alpha value is -1.89. The number of likely N-dealkylation sites (tertiary alicyclic amines) is 1. The van der Waals surface area contributed by atoms with Crippen molar-refractivity contribution in [1.29, 1.82) is 0 Å². The van der Waals surface area contributed by atoms with Crippen LogP contribution in [0.25, 0.3) is 0 Å². The van der Waals surface area contributed by atoms with Crippen LogP contribution in [0.5, 0.6) is 5.75 Å². The molecule has 146 valence electrons. The maximum absolute atomic E-state index is 12.5. The molecular formula is C19H30F2N4O. The van der Waals surface area contributed by atoms with Crippen molar-refractivity contribution in [2.75, 3.05) is 33.2 Å². The average molecular weight is 368 g/mol. The molecule has 1 aromatic rings. The van der Waals surface area contributed by atoms with Gasteiger partial charge in [0.05, 0.1) is 0 Å². The van der Waals surface area contributed by atoms with Gasteiger partial charge < -0.3 is 20.3 Å². The number of guanidine groups is 1. The number of ether oxygens (including phenoxy) is 1. The van der Waals surface area contributed by atoms with E-state index in [2.05, 4.69) is 32.2 Å². The van der Waals surface area contributed by atoms with E-state index in [-0.39, 0.29) is 5.75 Å². The highest BCUT2D eigenvalue weighted by Gasteiger charge is 2.14. The molecule has 26 heavy (non-hydrogen) atoms. The van der Waals surface area contributed by atoms with Crippen LogP contribution in [0.4, 0.5) is 8.78 Å². The summed E-state index contributed by atoms with van der Waals surface area (Å²) in [5.41, 5.74) is 0.665. The van der Waals surface area contributed by atoms with E-state index in [4.69, 9.17) is 0 Å². The molecule has 2 rings (SSSR count). The Morgan fingerprint density at radius 2 is 2.00 bits per heavy atom. The number of nitrogens with one attached hydrogen (secondary N) is 2. The fourth-order valence-corrected chi connectivity index (χ4v) is 3.06. The third-order valence-electron chi connectivity index (χ3n) is 4.68. The van der Waals surface area contributed by atoms with E-state index in [1.807, 2.05) is 0 Å². The normalized spacial score (nSPS) is 16.7. The number of para-hydroxylation sites is 1. The lowest BCUT2D eigenvalue weighted by Crippen LogP contribution is -2.39. The standard InChI is InChI=1S/C19H30F2N4O/c1-15-8-12-25(13-9-15)11-5-10-23-19(22-2)24-14-16-6-3-4-7-17(16)26-18(20)21/h3-4,6-7,15,18H,5,8-14H2,1-2H3,(H2,22,23,24). The van der Waals surface area contributed by atoms with E-state index in [1.54, 1.807) is 31.3 Å². The largest absolute Gasteiger partial charge is 0.434 e.